The van der Waals surface area contributed by atoms with Gasteiger partial charge in [-0.1, -0.05) is 65.8 Å². The van der Waals surface area contributed by atoms with E-state index in [0.29, 0.717) is 11.0 Å². The Hall–Kier alpha value is -3.93. The molecule has 0 saturated heterocycles. The molecule has 0 aliphatic carbocycles. The molecule has 2 amide bonds. The van der Waals surface area contributed by atoms with Crippen LogP contribution in [-0.4, -0.2) is 32.4 Å². The molecule has 3 aromatic carbocycles. The maximum atomic E-state index is 13.5. The van der Waals surface area contributed by atoms with Gasteiger partial charge in [-0.2, -0.15) is 0 Å². The molecule has 0 spiro atoms. The Balaban J connectivity index is 1.88. The number of rotatable bonds is 3. The van der Waals surface area contributed by atoms with E-state index in [-0.39, 0.29) is 22.0 Å². The average molecular weight is 497 g/mol. The van der Waals surface area contributed by atoms with Crippen LogP contribution in [0.1, 0.15) is 80.3 Å². The van der Waals surface area contributed by atoms with Gasteiger partial charge in [0.1, 0.15) is 0 Å². The van der Waals surface area contributed by atoms with Crippen LogP contribution in [0.5, 0.6) is 0 Å². The van der Waals surface area contributed by atoms with Crippen LogP contribution in [0.3, 0.4) is 0 Å². The highest BCUT2D eigenvalue weighted by Gasteiger charge is 2.53. The number of aliphatic carboxylic acids is 1. The summed E-state index contributed by atoms with van der Waals surface area (Å²) in [4.78, 5) is 41.1. The number of carboxylic acids is 1. The summed E-state index contributed by atoms with van der Waals surface area (Å²) >= 11 is 0. The van der Waals surface area contributed by atoms with Gasteiger partial charge in [0.2, 0.25) is 5.66 Å². The fourth-order valence-corrected chi connectivity index (χ4v) is 5.30. The molecular formula is C31H32N2O4. The van der Waals surface area contributed by atoms with E-state index in [0.717, 1.165) is 26.8 Å². The van der Waals surface area contributed by atoms with Crippen molar-refractivity contribution in [2.75, 3.05) is 0 Å². The molecule has 1 unspecified atom stereocenters. The maximum absolute atomic E-state index is 13.5. The zero-order valence-electron chi connectivity index (χ0n) is 22.3. The van der Waals surface area contributed by atoms with Crippen molar-refractivity contribution < 1.29 is 19.5 Å². The summed E-state index contributed by atoms with van der Waals surface area (Å²) in [6, 6.07) is 18.5. The van der Waals surface area contributed by atoms with Gasteiger partial charge in [0, 0.05) is 10.8 Å². The van der Waals surface area contributed by atoms with Gasteiger partial charge in [0.05, 0.1) is 22.2 Å². The normalized spacial score (nSPS) is 15.9. The van der Waals surface area contributed by atoms with Crippen LogP contribution in [-0.2, 0) is 21.3 Å². The van der Waals surface area contributed by atoms with Crippen LogP contribution in [0.25, 0.3) is 21.8 Å². The van der Waals surface area contributed by atoms with Crippen LogP contribution < -0.4 is 0 Å². The summed E-state index contributed by atoms with van der Waals surface area (Å²) in [7, 11) is 0. The van der Waals surface area contributed by atoms with Crippen molar-refractivity contribution in [1.82, 2.24) is 9.47 Å². The second kappa shape index (κ2) is 7.78. The lowest BCUT2D eigenvalue weighted by molar-refractivity contribution is -0.152. The third kappa shape index (κ3) is 3.50. The van der Waals surface area contributed by atoms with Crippen molar-refractivity contribution in [1.29, 1.82) is 0 Å². The fraction of sp³-hybridized carbons (Fsp3) is 0.323. The number of benzene rings is 3. The third-order valence-corrected chi connectivity index (χ3v) is 7.57. The van der Waals surface area contributed by atoms with E-state index in [4.69, 9.17) is 0 Å². The molecule has 0 fully saturated rings. The lowest BCUT2D eigenvalue weighted by atomic mass is 9.85. The van der Waals surface area contributed by atoms with E-state index in [2.05, 4.69) is 53.7 Å². The topological polar surface area (TPSA) is 79.6 Å². The van der Waals surface area contributed by atoms with Gasteiger partial charge in [0.25, 0.3) is 11.8 Å². The van der Waals surface area contributed by atoms with Gasteiger partial charge in [-0.15, -0.1) is 0 Å². The number of carbonyl (C=O) groups excluding carboxylic acids is 2. The van der Waals surface area contributed by atoms with Gasteiger partial charge < -0.3 is 9.67 Å². The number of fused-ring (bicyclic) bond motifs is 4. The Labute approximate surface area is 216 Å². The summed E-state index contributed by atoms with van der Waals surface area (Å²) < 4.78 is 1.64. The number of hydrogen-bond donors (Lipinski definition) is 1. The van der Waals surface area contributed by atoms with Gasteiger partial charge in [-0.25, -0.2) is 9.69 Å². The highest BCUT2D eigenvalue weighted by molar-refractivity contribution is 6.23. The minimum atomic E-state index is -2.00. The van der Waals surface area contributed by atoms with Crippen molar-refractivity contribution >= 4 is 39.6 Å². The fourth-order valence-electron chi connectivity index (χ4n) is 5.30. The zero-order chi connectivity index (χ0) is 27.1. The second-order valence-corrected chi connectivity index (χ2v) is 12.1. The van der Waals surface area contributed by atoms with Crippen LogP contribution in [0.4, 0.5) is 0 Å². The maximum Gasteiger partial charge on any atom is 0.351 e. The molecule has 0 saturated carbocycles. The summed E-state index contributed by atoms with van der Waals surface area (Å²) in [5.41, 5.74) is 1.70. The minimum absolute atomic E-state index is 0.122. The smallest absolute Gasteiger partial charge is 0.351 e. The van der Waals surface area contributed by atoms with E-state index in [1.807, 2.05) is 24.3 Å². The van der Waals surface area contributed by atoms with Crippen molar-refractivity contribution in [2.45, 2.75) is 65.0 Å². The molecule has 0 radical (unpaired) electrons. The number of carbonyl (C=O) groups is 3. The second-order valence-electron chi connectivity index (χ2n) is 12.1. The number of amides is 2. The molecule has 37 heavy (non-hydrogen) atoms. The molecule has 1 aliphatic heterocycles. The molecule has 6 nitrogen and oxygen atoms in total. The van der Waals surface area contributed by atoms with E-state index in [1.165, 1.54) is 6.92 Å². The van der Waals surface area contributed by atoms with E-state index in [1.54, 1.807) is 28.8 Å². The third-order valence-electron chi connectivity index (χ3n) is 7.57. The lowest BCUT2D eigenvalue weighted by Gasteiger charge is -2.36. The summed E-state index contributed by atoms with van der Waals surface area (Å²) in [5.74, 6) is -2.52. The van der Waals surface area contributed by atoms with Gasteiger partial charge >= 0.3 is 5.97 Å². The van der Waals surface area contributed by atoms with Gasteiger partial charge in [0.15, 0.2) is 0 Å². The minimum Gasteiger partial charge on any atom is -0.478 e. The molecular weight excluding hydrogens is 464 g/mol. The average Bonchev–Trinajstić information content (AvgIpc) is 3.29. The number of hydrogen-bond acceptors (Lipinski definition) is 3. The highest BCUT2D eigenvalue weighted by Crippen LogP contribution is 2.42. The number of imide groups is 1. The first-order valence-corrected chi connectivity index (χ1v) is 12.5. The highest BCUT2D eigenvalue weighted by atomic mass is 16.4. The van der Waals surface area contributed by atoms with Crippen LogP contribution in [0.15, 0.2) is 60.7 Å². The molecule has 190 valence electrons. The van der Waals surface area contributed by atoms with Crippen molar-refractivity contribution in [3.8, 4) is 0 Å². The van der Waals surface area contributed by atoms with Gasteiger partial charge in [-0.3, -0.25) is 9.59 Å². The van der Waals surface area contributed by atoms with Crippen molar-refractivity contribution in [3.05, 3.63) is 82.9 Å². The summed E-state index contributed by atoms with van der Waals surface area (Å²) in [6.45, 7) is 14.2. The summed E-state index contributed by atoms with van der Waals surface area (Å²) in [5, 5.41) is 12.5. The van der Waals surface area contributed by atoms with E-state index < -0.39 is 23.4 Å². The molecule has 1 N–H and O–H groups in total. The molecule has 1 aliphatic rings. The quantitative estimate of drug-likeness (QED) is 0.331. The van der Waals surface area contributed by atoms with Gasteiger partial charge in [-0.05, 0) is 65.3 Å². The monoisotopic (exact) mass is 496 g/mol. The Morgan fingerprint density at radius 3 is 1.43 bits per heavy atom. The molecule has 6 heteroatoms. The molecule has 5 rings (SSSR count). The number of nitrogens with zero attached hydrogens (tertiary/aromatic N) is 2. The van der Waals surface area contributed by atoms with Crippen LogP contribution in [0.2, 0.25) is 0 Å². The SMILES string of the molecule is CC(C)(C)c1ccc2c(c1)c1cc(C(C)(C)C)ccc1n2C(C)(C(=O)O)N1C(=O)c2ccccc2C1=O. The predicted octanol–water partition coefficient (Wildman–Crippen LogP) is 6.44. The standard InChI is InChI=1S/C31H32N2O4/c1-29(2,3)18-12-14-24-22(16-18)23-17-19(30(4,5)6)13-15-25(23)32(24)31(7,28(36)37)33-26(34)20-10-8-9-11-21(20)27(33)35/h8-17H,1-7H3,(H,36,37). The van der Waals surface area contributed by atoms with Crippen molar-refractivity contribution in [2.24, 2.45) is 0 Å². The first-order chi connectivity index (χ1) is 17.2. The Morgan fingerprint density at radius 1 is 0.676 bits per heavy atom. The molecule has 4 aromatic rings. The first-order valence-electron chi connectivity index (χ1n) is 12.5. The Bertz CT molecular complexity index is 1520. The van der Waals surface area contributed by atoms with Crippen LogP contribution in [0, 0.1) is 0 Å². The predicted molar refractivity (Wildman–Crippen MR) is 145 cm³/mol. The molecule has 0 bridgehead atoms. The van der Waals surface area contributed by atoms with Crippen LogP contribution >= 0.6 is 0 Å². The summed E-state index contributed by atoms with van der Waals surface area (Å²) in [6.07, 6.45) is 0. The molecule has 1 aromatic heterocycles. The number of carboxylic acid groups (broad SMARTS) is 1. The largest absolute Gasteiger partial charge is 0.478 e. The van der Waals surface area contributed by atoms with E-state index in [9.17, 15) is 19.5 Å². The molecule has 1 atom stereocenters. The zero-order valence-corrected chi connectivity index (χ0v) is 22.3. The molecule has 2 heterocycles. The number of aromatic nitrogens is 1. The lowest BCUT2D eigenvalue weighted by Crippen LogP contribution is -2.56. The van der Waals surface area contributed by atoms with E-state index >= 15 is 0 Å². The Kier molecular flexibility index (Phi) is 5.21. The van der Waals surface area contributed by atoms with Crippen molar-refractivity contribution in [3.63, 3.8) is 0 Å². The Morgan fingerprint density at radius 2 is 1.08 bits per heavy atom. The first kappa shape index (κ1) is 24.8.